The second kappa shape index (κ2) is 9.70. The number of ether oxygens (including phenoxy) is 2. The molecule has 2 aromatic carbocycles. The van der Waals surface area contributed by atoms with Crippen molar-refractivity contribution in [2.45, 2.75) is 18.3 Å². The van der Waals surface area contributed by atoms with E-state index in [0.29, 0.717) is 28.6 Å². The first-order valence-electron chi connectivity index (χ1n) is 10.1. The first-order valence-corrected chi connectivity index (χ1v) is 12.1. The number of alkyl halides is 3. The summed E-state index contributed by atoms with van der Waals surface area (Å²) in [6, 6.07) is 10.9. The quantitative estimate of drug-likeness (QED) is 0.198. The van der Waals surface area contributed by atoms with E-state index in [1.165, 1.54) is 18.6 Å². The minimum atomic E-state index is -4.73. The van der Waals surface area contributed by atoms with Crippen molar-refractivity contribution in [3.05, 3.63) is 64.1 Å². The number of aromatic nitrogens is 3. The number of hydrogen-bond acceptors (Lipinski definition) is 8. The topological polar surface area (TPSA) is 83.3 Å². The van der Waals surface area contributed by atoms with Crippen molar-refractivity contribution in [2.24, 2.45) is 0 Å². The van der Waals surface area contributed by atoms with Crippen LogP contribution in [0.25, 0.3) is 27.0 Å². The molecule has 2 heterocycles. The molecule has 0 amide bonds. The molecule has 0 aliphatic rings. The number of nitrogens with zero attached hydrogens (tertiary/aromatic N) is 3. The van der Waals surface area contributed by atoms with Gasteiger partial charge in [0.25, 0.3) is 5.56 Å². The molecule has 4 rings (SSSR count). The third-order valence-electron chi connectivity index (χ3n) is 5.12. The molecule has 0 saturated carbocycles. The zero-order valence-corrected chi connectivity index (χ0v) is 20.3. The number of halogens is 3. The minimum absolute atomic E-state index is 0.0803. The van der Waals surface area contributed by atoms with E-state index in [1.807, 2.05) is 13.0 Å². The van der Waals surface area contributed by atoms with Gasteiger partial charge in [-0.2, -0.15) is 17.5 Å². The van der Waals surface area contributed by atoms with Gasteiger partial charge in [0.15, 0.2) is 17.5 Å². The van der Waals surface area contributed by atoms with Crippen LogP contribution in [0.4, 0.5) is 13.2 Å². The molecule has 0 atom stereocenters. The van der Waals surface area contributed by atoms with Gasteiger partial charge in [0.05, 0.1) is 23.2 Å². The van der Waals surface area contributed by atoms with Gasteiger partial charge in [-0.05, 0) is 60.6 Å². The second-order valence-corrected chi connectivity index (χ2v) is 8.93. The molecule has 2 aromatic heterocycles. The number of aryl methyl sites for hydroxylation is 1. The Morgan fingerprint density at radius 3 is 2.63 bits per heavy atom. The Kier molecular flexibility index (Phi) is 6.86. The highest BCUT2D eigenvalue weighted by molar-refractivity contribution is 7.98. The van der Waals surface area contributed by atoms with Gasteiger partial charge in [0.1, 0.15) is 5.75 Å². The average molecular weight is 522 g/mol. The van der Waals surface area contributed by atoms with Gasteiger partial charge < -0.3 is 9.47 Å². The van der Waals surface area contributed by atoms with E-state index in [0.717, 1.165) is 32.2 Å². The summed E-state index contributed by atoms with van der Waals surface area (Å²) in [6.07, 6.45) is -3.17. The zero-order valence-electron chi connectivity index (χ0n) is 18.7. The van der Waals surface area contributed by atoms with Crippen molar-refractivity contribution in [1.82, 2.24) is 13.9 Å². The fourth-order valence-corrected chi connectivity index (χ4v) is 4.72. The molecule has 0 spiro atoms. The summed E-state index contributed by atoms with van der Waals surface area (Å²) < 4.78 is 56.1. The van der Waals surface area contributed by atoms with Crippen LogP contribution in [0.15, 0.2) is 52.4 Å². The fourth-order valence-electron chi connectivity index (χ4n) is 3.39. The van der Waals surface area contributed by atoms with Gasteiger partial charge in [-0.15, -0.1) is 0 Å². The third-order valence-corrected chi connectivity index (χ3v) is 6.59. The highest BCUT2D eigenvalue weighted by Crippen LogP contribution is 2.36. The zero-order chi connectivity index (χ0) is 25.3. The average Bonchev–Trinajstić information content (AvgIpc) is 3.25. The van der Waals surface area contributed by atoms with E-state index in [1.54, 1.807) is 36.6 Å². The number of hydrogen-bond donors (Lipinski definition) is 0. The molecule has 35 heavy (non-hydrogen) atoms. The lowest BCUT2D eigenvalue weighted by atomic mass is 10.0. The molecule has 0 N–H and O–H groups in total. The number of fused-ring (bicyclic) bond motifs is 1. The Bertz CT molecular complexity index is 1480. The first kappa shape index (κ1) is 24.7. The van der Waals surface area contributed by atoms with Crippen LogP contribution < -0.4 is 10.3 Å². The van der Waals surface area contributed by atoms with Crippen LogP contribution >= 0.6 is 23.3 Å². The van der Waals surface area contributed by atoms with Crippen molar-refractivity contribution in [3.63, 3.8) is 0 Å². The van der Waals surface area contributed by atoms with Crippen LogP contribution in [0.2, 0.25) is 0 Å². The molecule has 0 fully saturated rings. The molecule has 0 aliphatic heterocycles. The molecule has 0 saturated heterocycles. The van der Waals surface area contributed by atoms with E-state index in [2.05, 4.69) is 14.1 Å². The normalized spacial score (nSPS) is 11.6. The third kappa shape index (κ3) is 5.03. The minimum Gasteiger partial charge on any atom is -0.482 e. The van der Waals surface area contributed by atoms with E-state index < -0.39 is 23.4 Å². The number of thioether (sulfide) groups is 1. The smallest absolute Gasteiger partial charge is 0.433 e. The lowest BCUT2D eigenvalue weighted by Gasteiger charge is -2.13. The van der Waals surface area contributed by atoms with Crippen LogP contribution in [0.3, 0.4) is 0 Å². The molecule has 4 aromatic rings. The monoisotopic (exact) mass is 521 g/mol. The van der Waals surface area contributed by atoms with Gasteiger partial charge in [-0.1, -0.05) is 17.8 Å². The Balaban J connectivity index is 1.82. The molecule has 12 heteroatoms. The van der Waals surface area contributed by atoms with E-state index in [-0.39, 0.29) is 11.8 Å². The van der Waals surface area contributed by atoms with Crippen LogP contribution in [0, 0.1) is 6.92 Å². The van der Waals surface area contributed by atoms with Gasteiger partial charge in [-0.25, -0.2) is 9.78 Å². The SMILES string of the molecule is COC(=O)COc1ccc(C)c(-c2nsc3ccc(-n4c(SC)nc(C(F)(F)F)cc4=O)cc23)c1. The summed E-state index contributed by atoms with van der Waals surface area (Å²) >= 11 is 2.19. The Hall–Kier alpha value is -3.38. The van der Waals surface area contributed by atoms with E-state index >= 15 is 0 Å². The Morgan fingerprint density at radius 2 is 1.94 bits per heavy atom. The van der Waals surface area contributed by atoms with Crippen molar-refractivity contribution in [2.75, 3.05) is 20.0 Å². The van der Waals surface area contributed by atoms with E-state index in [4.69, 9.17) is 4.74 Å². The summed E-state index contributed by atoms with van der Waals surface area (Å²) in [7, 11) is 1.27. The van der Waals surface area contributed by atoms with E-state index in [9.17, 15) is 22.8 Å². The van der Waals surface area contributed by atoms with Gasteiger partial charge >= 0.3 is 12.1 Å². The number of carbonyl (C=O) groups is 1. The maximum Gasteiger partial charge on any atom is 0.433 e. The molecular weight excluding hydrogens is 503 g/mol. The standard InChI is InChI=1S/C23H18F3N3O4S2/c1-12-4-6-14(33-11-20(31)32-2)9-15(12)21-16-8-13(5-7-17(16)35-28-21)29-19(30)10-18(23(24,25)26)27-22(29)34-3/h4-10H,11H2,1-3H3. The highest BCUT2D eigenvalue weighted by atomic mass is 32.2. The molecular formula is C23H18F3N3O4S2. The number of rotatable bonds is 6. The summed E-state index contributed by atoms with van der Waals surface area (Å²) in [4.78, 5) is 27.8. The summed E-state index contributed by atoms with van der Waals surface area (Å²) in [5, 5.41) is 0.628. The number of methoxy groups -OCH3 is 1. The van der Waals surface area contributed by atoms with Crippen molar-refractivity contribution in [3.8, 4) is 22.7 Å². The number of esters is 1. The van der Waals surface area contributed by atoms with Crippen molar-refractivity contribution in [1.29, 1.82) is 0 Å². The molecule has 182 valence electrons. The van der Waals surface area contributed by atoms with Gasteiger partial charge in [0.2, 0.25) is 0 Å². The molecule has 0 bridgehead atoms. The maximum absolute atomic E-state index is 13.2. The lowest BCUT2D eigenvalue weighted by Crippen LogP contribution is -2.24. The summed E-state index contributed by atoms with van der Waals surface area (Å²) in [5.74, 6) is -0.0720. The molecule has 7 nitrogen and oxygen atoms in total. The fraction of sp³-hybridized carbons (Fsp3) is 0.217. The van der Waals surface area contributed by atoms with Gasteiger partial charge in [0, 0.05) is 17.0 Å². The molecule has 0 radical (unpaired) electrons. The largest absolute Gasteiger partial charge is 0.482 e. The van der Waals surface area contributed by atoms with Crippen LogP contribution in [-0.4, -0.2) is 39.9 Å². The van der Waals surface area contributed by atoms with Crippen LogP contribution in [0.5, 0.6) is 5.75 Å². The predicted molar refractivity (Wildman–Crippen MR) is 127 cm³/mol. The van der Waals surface area contributed by atoms with Gasteiger partial charge in [-0.3, -0.25) is 9.36 Å². The van der Waals surface area contributed by atoms with Crippen molar-refractivity contribution < 1.29 is 27.4 Å². The molecule has 0 unspecified atom stereocenters. The number of benzene rings is 2. The Labute approximate surface area is 205 Å². The molecule has 0 aliphatic carbocycles. The maximum atomic E-state index is 13.2. The summed E-state index contributed by atoms with van der Waals surface area (Å²) in [5.41, 5.74) is 0.554. The number of carbonyl (C=O) groups excluding carboxylic acids is 1. The van der Waals surface area contributed by atoms with Crippen molar-refractivity contribution >= 4 is 39.3 Å². The second-order valence-electron chi connectivity index (χ2n) is 7.35. The lowest BCUT2D eigenvalue weighted by molar-refractivity contribution is -0.143. The Morgan fingerprint density at radius 1 is 1.17 bits per heavy atom. The van der Waals surface area contributed by atoms with Crippen LogP contribution in [0.1, 0.15) is 11.3 Å². The summed E-state index contributed by atoms with van der Waals surface area (Å²) in [6.45, 7) is 1.65. The van der Waals surface area contributed by atoms with Crippen LogP contribution in [-0.2, 0) is 15.7 Å². The predicted octanol–water partition coefficient (Wildman–Crippen LogP) is 5.11. The first-order chi connectivity index (χ1) is 16.6. The highest BCUT2D eigenvalue weighted by Gasteiger charge is 2.34.